The lowest BCUT2D eigenvalue weighted by molar-refractivity contribution is 0.373. The van der Waals surface area contributed by atoms with Crippen LogP contribution in [0.4, 0.5) is 0 Å². The maximum Gasteiger partial charge on any atom is 0.239 e. The lowest BCUT2D eigenvalue weighted by Gasteiger charge is -2.08. The summed E-state index contributed by atoms with van der Waals surface area (Å²) in [5.41, 5.74) is 2.18. The smallest absolute Gasteiger partial charge is 0.239 e. The highest BCUT2D eigenvalue weighted by atomic mass is 32.2. The topological polar surface area (TPSA) is 56.7 Å². The molecule has 0 aliphatic rings. The molecule has 0 saturated carbocycles. The largest absolute Gasteiger partial charge is 0.338 e. The zero-order chi connectivity index (χ0) is 15.7. The van der Waals surface area contributed by atoms with Gasteiger partial charge in [-0.05, 0) is 26.0 Å². The van der Waals surface area contributed by atoms with Crippen molar-refractivity contribution in [2.45, 2.75) is 50.6 Å². The van der Waals surface area contributed by atoms with Crippen molar-refractivity contribution in [3.8, 4) is 0 Å². The van der Waals surface area contributed by atoms with Crippen molar-refractivity contribution in [2.24, 2.45) is 0 Å². The van der Waals surface area contributed by atoms with E-state index in [9.17, 15) is 0 Å². The molecule has 0 aliphatic heterocycles. The standard InChI is InChI=1S/C16H20N4OS/c1-5-20-13-9-7-6-8-12(13)17-16(20)22-11(4)15-18-14(10(2)3)19-21-15/h6-11H,5H2,1-4H3. The Bertz CT molecular complexity index is 777. The van der Waals surface area contributed by atoms with Gasteiger partial charge in [0.15, 0.2) is 11.0 Å². The first kappa shape index (κ1) is 15.1. The second-order valence-electron chi connectivity index (χ2n) is 5.53. The Morgan fingerprint density at radius 3 is 2.64 bits per heavy atom. The molecule has 0 bridgehead atoms. The molecule has 0 spiro atoms. The predicted molar refractivity (Wildman–Crippen MR) is 88.1 cm³/mol. The first-order valence-electron chi connectivity index (χ1n) is 7.55. The summed E-state index contributed by atoms with van der Waals surface area (Å²) in [4.78, 5) is 9.21. The van der Waals surface area contributed by atoms with Crippen LogP contribution in [-0.4, -0.2) is 19.7 Å². The molecule has 0 amide bonds. The number of rotatable bonds is 5. The molecule has 1 aromatic carbocycles. The van der Waals surface area contributed by atoms with Gasteiger partial charge in [-0.3, -0.25) is 0 Å². The molecule has 2 heterocycles. The molecule has 3 aromatic rings. The molecule has 22 heavy (non-hydrogen) atoms. The van der Waals surface area contributed by atoms with Crippen molar-refractivity contribution in [3.63, 3.8) is 0 Å². The number of imidazole rings is 1. The third-order valence-electron chi connectivity index (χ3n) is 3.54. The molecule has 0 aliphatic carbocycles. The summed E-state index contributed by atoms with van der Waals surface area (Å²) < 4.78 is 7.61. The number of hydrogen-bond acceptors (Lipinski definition) is 5. The number of nitrogens with zero attached hydrogens (tertiary/aromatic N) is 4. The van der Waals surface area contributed by atoms with Crippen LogP contribution < -0.4 is 0 Å². The minimum Gasteiger partial charge on any atom is -0.338 e. The van der Waals surface area contributed by atoms with E-state index in [2.05, 4.69) is 48.5 Å². The first-order valence-corrected chi connectivity index (χ1v) is 8.43. The van der Waals surface area contributed by atoms with E-state index in [1.165, 1.54) is 0 Å². The number of para-hydroxylation sites is 2. The number of benzene rings is 1. The van der Waals surface area contributed by atoms with E-state index in [0.717, 1.165) is 28.6 Å². The fraction of sp³-hybridized carbons (Fsp3) is 0.438. The van der Waals surface area contributed by atoms with Gasteiger partial charge in [0.1, 0.15) is 0 Å². The van der Waals surface area contributed by atoms with E-state index < -0.39 is 0 Å². The van der Waals surface area contributed by atoms with E-state index in [1.807, 2.05) is 18.2 Å². The molecule has 5 nitrogen and oxygen atoms in total. The van der Waals surface area contributed by atoms with Crippen molar-refractivity contribution in [1.82, 2.24) is 19.7 Å². The molecule has 0 saturated heterocycles. The molecule has 1 atom stereocenters. The zero-order valence-electron chi connectivity index (χ0n) is 13.3. The fourth-order valence-electron chi connectivity index (χ4n) is 2.30. The third-order valence-corrected chi connectivity index (χ3v) is 4.62. The molecule has 0 radical (unpaired) electrons. The third kappa shape index (κ3) is 2.75. The maximum absolute atomic E-state index is 5.39. The summed E-state index contributed by atoms with van der Waals surface area (Å²) in [6.45, 7) is 9.20. The average Bonchev–Trinajstić information content (AvgIpc) is 3.11. The second-order valence-corrected chi connectivity index (χ2v) is 6.84. The van der Waals surface area contributed by atoms with Crippen molar-refractivity contribution in [2.75, 3.05) is 0 Å². The molecule has 3 rings (SSSR count). The highest BCUT2D eigenvalue weighted by Gasteiger charge is 2.20. The fourth-order valence-corrected chi connectivity index (χ4v) is 3.32. The number of fused-ring (bicyclic) bond motifs is 1. The Balaban J connectivity index is 1.88. The Hall–Kier alpha value is -1.82. The molecular formula is C16H20N4OS. The van der Waals surface area contributed by atoms with E-state index in [4.69, 9.17) is 9.51 Å². The lowest BCUT2D eigenvalue weighted by Crippen LogP contribution is -1.99. The van der Waals surface area contributed by atoms with Gasteiger partial charge in [0.05, 0.1) is 16.3 Å². The highest BCUT2D eigenvalue weighted by Crippen LogP contribution is 2.35. The average molecular weight is 316 g/mol. The summed E-state index contributed by atoms with van der Waals surface area (Å²) in [5.74, 6) is 1.68. The van der Waals surface area contributed by atoms with Crippen LogP contribution in [0.5, 0.6) is 0 Å². The van der Waals surface area contributed by atoms with Crippen molar-refractivity contribution in [3.05, 3.63) is 36.0 Å². The van der Waals surface area contributed by atoms with Gasteiger partial charge in [0.2, 0.25) is 5.89 Å². The number of thioether (sulfide) groups is 1. The summed E-state index contributed by atoms with van der Waals surface area (Å²) in [6.07, 6.45) is 0. The van der Waals surface area contributed by atoms with Crippen LogP contribution in [0.15, 0.2) is 33.9 Å². The lowest BCUT2D eigenvalue weighted by atomic mass is 10.2. The van der Waals surface area contributed by atoms with E-state index in [1.54, 1.807) is 11.8 Å². The van der Waals surface area contributed by atoms with Gasteiger partial charge in [-0.2, -0.15) is 4.98 Å². The van der Waals surface area contributed by atoms with Crippen LogP contribution in [-0.2, 0) is 6.54 Å². The molecular weight excluding hydrogens is 296 g/mol. The van der Waals surface area contributed by atoms with Gasteiger partial charge >= 0.3 is 0 Å². The van der Waals surface area contributed by atoms with E-state index in [-0.39, 0.29) is 11.2 Å². The number of aryl methyl sites for hydroxylation is 1. The Morgan fingerprint density at radius 2 is 1.95 bits per heavy atom. The van der Waals surface area contributed by atoms with E-state index >= 15 is 0 Å². The van der Waals surface area contributed by atoms with Crippen molar-refractivity contribution >= 4 is 22.8 Å². The van der Waals surface area contributed by atoms with E-state index in [0.29, 0.717) is 5.89 Å². The van der Waals surface area contributed by atoms with Gasteiger partial charge < -0.3 is 9.09 Å². The summed E-state index contributed by atoms with van der Waals surface area (Å²) in [5, 5.41) is 5.10. The first-order chi connectivity index (χ1) is 10.6. The van der Waals surface area contributed by atoms with Gasteiger partial charge in [0, 0.05) is 12.5 Å². The molecule has 116 valence electrons. The summed E-state index contributed by atoms with van der Waals surface area (Å²) >= 11 is 1.65. The molecule has 0 fully saturated rings. The Kier molecular flexibility index (Phi) is 4.20. The van der Waals surface area contributed by atoms with Gasteiger partial charge in [-0.1, -0.05) is 42.9 Å². The van der Waals surface area contributed by atoms with Crippen molar-refractivity contribution < 1.29 is 4.52 Å². The predicted octanol–water partition coefficient (Wildman–Crippen LogP) is 4.42. The Labute approximate surface area is 134 Å². The minimum absolute atomic E-state index is 0.0714. The van der Waals surface area contributed by atoms with Crippen LogP contribution in [0.3, 0.4) is 0 Å². The van der Waals surface area contributed by atoms with Crippen LogP contribution in [0.25, 0.3) is 11.0 Å². The maximum atomic E-state index is 5.39. The Morgan fingerprint density at radius 1 is 1.18 bits per heavy atom. The number of aromatic nitrogens is 4. The van der Waals surface area contributed by atoms with Crippen LogP contribution in [0.1, 0.15) is 50.6 Å². The molecule has 6 heteroatoms. The van der Waals surface area contributed by atoms with Crippen LogP contribution >= 0.6 is 11.8 Å². The summed E-state index contributed by atoms with van der Waals surface area (Å²) in [7, 11) is 0. The van der Waals surface area contributed by atoms with Gasteiger partial charge in [-0.25, -0.2) is 4.98 Å². The molecule has 0 N–H and O–H groups in total. The highest BCUT2D eigenvalue weighted by molar-refractivity contribution is 7.99. The SMILES string of the molecule is CCn1c(SC(C)c2nc(C(C)C)no2)nc2ccccc21. The second kappa shape index (κ2) is 6.12. The van der Waals surface area contributed by atoms with Crippen LogP contribution in [0, 0.1) is 0 Å². The normalized spacial score (nSPS) is 13.1. The van der Waals surface area contributed by atoms with Crippen LogP contribution in [0.2, 0.25) is 0 Å². The van der Waals surface area contributed by atoms with Gasteiger partial charge in [-0.15, -0.1) is 0 Å². The quantitative estimate of drug-likeness (QED) is 0.652. The number of hydrogen-bond donors (Lipinski definition) is 0. The zero-order valence-corrected chi connectivity index (χ0v) is 14.1. The summed E-state index contributed by atoms with van der Waals surface area (Å²) in [6, 6.07) is 8.20. The monoisotopic (exact) mass is 316 g/mol. The van der Waals surface area contributed by atoms with Gasteiger partial charge in [0.25, 0.3) is 0 Å². The van der Waals surface area contributed by atoms with Crippen molar-refractivity contribution in [1.29, 1.82) is 0 Å². The minimum atomic E-state index is 0.0714. The molecule has 2 aromatic heterocycles. The molecule has 1 unspecified atom stereocenters.